The lowest BCUT2D eigenvalue weighted by molar-refractivity contribution is 0.111. The van der Waals surface area contributed by atoms with Crippen LogP contribution in [0.3, 0.4) is 0 Å². The zero-order valence-corrected chi connectivity index (χ0v) is 7.55. The van der Waals surface area contributed by atoms with Gasteiger partial charge in [-0.25, -0.2) is 9.50 Å². The third kappa shape index (κ3) is 1.04. The third-order valence-electron chi connectivity index (χ3n) is 2.47. The molecule has 4 nitrogen and oxygen atoms in total. The van der Waals surface area contributed by atoms with Crippen LogP contribution in [0, 0.1) is 0 Å². The molecule has 70 valence electrons. The summed E-state index contributed by atoms with van der Waals surface area (Å²) in [6.07, 6.45) is 3.15. The highest BCUT2D eigenvalue weighted by Crippen LogP contribution is 2.38. The van der Waals surface area contributed by atoms with Crippen molar-refractivity contribution in [3.05, 3.63) is 29.7 Å². The first-order valence-electron chi connectivity index (χ1n) is 4.69. The Balaban J connectivity index is 2.25. The van der Waals surface area contributed by atoms with E-state index >= 15 is 0 Å². The molecule has 0 aromatic carbocycles. The number of fused-ring (bicyclic) bond motifs is 1. The average molecular weight is 187 g/mol. The fourth-order valence-corrected chi connectivity index (χ4v) is 1.55. The average Bonchev–Trinajstić information content (AvgIpc) is 2.97. The van der Waals surface area contributed by atoms with E-state index in [9.17, 15) is 4.79 Å². The molecule has 1 saturated carbocycles. The van der Waals surface area contributed by atoms with Crippen LogP contribution in [-0.4, -0.2) is 20.9 Å². The molecule has 0 spiro atoms. The summed E-state index contributed by atoms with van der Waals surface area (Å²) in [5, 5.41) is 4.32. The molecule has 4 heteroatoms. The Kier molecular flexibility index (Phi) is 1.45. The van der Waals surface area contributed by atoms with Crippen LogP contribution in [0.4, 0.5) is 0 Å². The second kappa shape index (κ2) is 2.64. The predicted molar refractivity (Wildman–Crippen MR) is 50.3 cm³/mol. The van der Waals surface area contributed by atoms with Crippen molar-refractivity contribution in [3.63, 3.8) is 0 Å². The molecule has 0 radical (unpaired) electrons. The van der Waals surface area contributed by atoms with Gasteiger partial charge in [0.05, 0.1) is 0 Å². The minimum atomic E-state index is 0.523. The largest absolute Gasteiger partial charge is 0.296 e. The van der Waals surface area contributed by atoms with Gasteiger partial charge in [-0.1, -0.05) is 6.07 Å². The normalized spacial score (nSPS) is 16.0. The number of pyridine rings is 1. The quantitative estimate of drug-likeness (QED) is 0.668. The Hall–Kier alpha value is -1.71. The maximum atomic E-state index is 10.7. The van der Waals surface area contributed by atoms with Crippen LogP contribution in [-0.2, 0) is 0 Å². The van der Waals surface area contributed by atoms with Gasteiger partial charge in [0.1, 0.15) is 5.69 Å². The maximum absolute atomic E-state index is 10.7. The van der Waals surface area contributed by atoms with E-state index in [0.717, 1.165) is 17.8 Å². The van der Waals surface area contributed by atoms with Crippen molar-refractivity contribution < 1.29 is 4.79 Å². The van der Waals surface area contributed by atoms with Crippen molar-refractivity contribution in [1.82, 2.24) is 14.6 Å². The first kappa shape index (κ1) is 7.67. The fourth-order valence-electron chi connectivity index (χ4n) is 1.55. The van der Waals surface area contributed by atoms with Gasteiger partial charge in [-0.05, 0) is 25.0 Å². The summed E-state index contributed by atoms with van der Waals surface area (Å²) < 4.78 is 1.61. The fraction of sp³-hybridized carbons (Fsp3) is 0.300. The predicted octanol–water partition coefficient (Wildman–Crippen LogP) is 1.42. The van der Waals surface area contributed by atoms with Gasteiger partial charge in [0.15, 0.2) is 17.8 Å². The zero-order chi connectivity index (χ0) is 9.54. The van der Waals surface area contributed by atoms with Crippen LogP contribution >= 0.6 is 0 Å². The number of hydrogen-bond donors (Lipinski definition) is 0. The minimum Gasteiger partial charge on any atom is -0.296 e. The smallest absolute Gasteiger partial charge is 0.168 e. The Morgan fingerprint density at radius 3 is 3.00 bits per heavy atom. The van der Waals surface area contributed by atoms with Crippen molar-refractivity contribution in [3.8, 4) is 0 Å². The van der Waals surface area contributed by atoms with Crippen LogP contribution in [0.2, 0.25) is 0 Å². The maximum Gasteiger partial charge on any atom is 0.168 e. The second-order valence-electron chi connectivity index (χ2n) is 3.58. The molecular formula is C10H9N3O. The molecule has 0 amide bonds. The van der Waals surface area contributed by atoms with Gasteiger partial charge in [-0.3, -0.25) is 4.79 Å². The monoisotopic (exact) mass is 187 g/mol. The lowest BCUT2D eigenvalue weighted by atomic mass is 10.4. The van der Waals surface area contributed by atoms with E-state index in [4.69, 9.17) is 0 Å². The zero-order valence-electron chi connectivity index (χ0n) is 7.55. The van der Waals surface area contributed by atoms with Crippen LogP contribution in [0.25, 0.3) is 5.65 Å². The molecule has 0 aliphatic heterocycles. The summed E-state index contributed by atoms with van der Waals surface area (Å²) in [6, 6.07) is 5.43. The Morgan fingerprint density at radius 1 is 1.43 bits per heavy atom. The van der Waals surface area contributed by atoms with Gasteiger partial charge < -0.3 is 0 Å². The molecule has 2 aromatic heterocycles. The van der Waals surface area contributed by atoms with E-state index in [1.165, 1.54) is 12.8 Å². The second-order valence-corrected chi connectivity index (χ2v) is 3.58. The molecule has 2 heterocycles. The molecule has 0 atom stereocenters. The highest BCUT2D eigenvalue weighted by Gasteiger charge is 2.28. The molecule has 0 saturated heterocycles. The Morgan fingerprint density at radius 2 is 2.29 bits per heavy atom. The molecule has 1 aliphatic carbocycles. The van der Waals surface area contributed by atoms with Crippen molar-refractivity contribution in [2.75, 3.05) is 0 Å². The number of rotatable bonds is 2. The minimum absolute atomic E-state index is 0.523. The number of hydrogen-bond acceptors (Lipinski definition) is 3. The van der Waals surface area contributed by atoms with Gasteiger partial charge in [0.2, 0.25) is 0 Å². The van der Waals surface area contributed by atoms with Gasteiger partial charge >= 0.3 is 0 Å². The van der Waals surface area contributed by atoms with E-state index in [1.807, 2.05) is 12.1 Å². The number of nitrogens with zero attached hydrogens (tertiary/aromatic N) is 3. The highest BCUT2D eigenvalue weighted by molar-refractivity contribution is 5.73. The molecule has 1 fully saturated rings. The van der Waals surface area contributed by atoms with Crippen molar-refractivity contribution in [2.45, 2.75) is 18.8 Å². The van der Waals surface area contributed by atoms with E-state index in [2.05, 4.69) is 10.1 Å². The summed E-state index contributed by atoms with van der Waals surface area (Å²) >= 11 is 0. The highest BCUT2D eigenvalue weighted by atomic mass is 16.1. The molecule has 3 rings (SSSR count). The van der Waals surface area contributed by atoms with Crippen molar-refractivity contribution >= 4 is 11.9 Å². The van der Waals surface area contributed by atoms with Crippen LogP contribution < -0.4 is 0 Å². The van der Waals surface area contributed by atoms with Gasteiger partial charge in [-0.2, -0.15) is 5.10 Å². The van der Waals surface area contributed by atoms with E-state index < -0.39 is 0 Å². The van der Waals surface area contributed by atoms with Crippen LogP contribution in [0.1, 0.15) is 35.1 Å². The van der Waals surface area contributed by atoms with Crippen molar-refractivity contribution in [2.24, 2.45) is 0 Å². The SMILES string of the molecule is O=Cc1cccc2nc(C3CC3)nn12. The summed E-state index contributed by atoms with van der Waals surface area (Å²) in [7, 11) is 0. The van der Waals surface area contributed by atoms with Crippen LogP contribution in [0.5, 0.6) is 0 Å². The summed E-state index contributed by atoms with van der Waals surface area (Å²) in [5.41, 5.74) is 1.32. The first-order valence-corrected chi connectivity index (χ1v) is 4.69. The topological polar surface area (TPSA) is 47.3 Å². The summed E-state index contributed by atoms with van der Waals surface area (Å²) in [4.78, 5) is 15.1. The molecule has 1 aliphatic rings. The lowest BCUT2D eigenvalue weighted by Crippen LogP contribution is -1.96. The lowest BCUT2D eigenvalue weighted by Gasteiger charge is -1.92. The number of carbonyl (C=O) groups excluding carboxylic acids is 1. The van der Waals surface area contributed by atoms with Gasteiger partial charge in [0, 0.05) is 5.92 Å². The molecule has 0 unspecified atom stereocenters. The molecular weight excluding hydrogens is 178 g/mol. The summed E-state index contributed by atoms with van der Waals surface area (Å²) in [6.45, 7) is 0. The molecule has 0 N–H and O–H groups in total. The van der Waals surface area contributed by atoms with Gasteiger partial charge in [-0.15, -0.1) is 0 Å². The number of aromatic nitrogens is 3. The van der Waals surface area contributed by atoms with Crippen LogP contribution in [0.15, 0.2) is 18.2 Å². The van der Waals surface area contributed by atoms with Gasteiger partial charge in [0.25, 0.3) is 0 Å². The van der Waals surface area contributed by atoms with Crippen molar-refractivity contribution in [1.29, 1.82) is 0 Å². The number of carbonyl (C=O) groups is 1. The standard InChI is InChI=1S/C10H9N3O/c14-6-8-2-1-3-9-11-10(7-4-5-7)12-13(8)9/h1-3,6-7H,4-5H2. The number of aldehydes is 1. The van der Waals surface area contributed by atoms with E-state index in [0.29, 0.717) is 11.6 Å². The Labute approximate surface area is 80.6 Å². The molecule has 2 aromatic rings. The third-order valence-corrected chi connectivity index (χ3v) is 2.47. The van der Waals surface area contributed by atoms with E-state index in [1.54, 1.807) is 10.6 Å². The Bertz CT molecular complexity index is 499. The molecule has 14 heavy (non-hydrogen) atoms. The molecule has 0 bridgehead atoms. The van der Waals surface area contributed by atoms with E-state index in [-0.39, 0.29) is 0 Å². The summed E-state index contributed by atoms with van der Waals surface area (Å²) in [5.74, 6) is 1.40. The first-order chi connectivity index (χ1) is 6.88.